The van der Waals surface area contributed by atoms with Crippen LogP contribution in [0.15, 0.2) is 6.20 Å². The molecule has 1 aromatic heterocycles. The monoisotopic (exact) mass is 282 g/mol. The van der Waals surface area contributed by atoms with Gasteiger partial charge in [-0.25, -0.2) is 0 Å². The molecule has 5 nitrogen and oxygen atoms in total. The normalized spacial score (nSPS) is 14.1. The number of ether oxygens (including phenoxy) is 1. The minimum Gasteiger partial charge on any atom is -0.493 e. The Labute approximate surface area is 123 Å². The Hall–Kier alpha value is -1.07. The summed E-state index contributed by atoms with van der Waals surface area (Å²) < 4.78 is 7.59. The van der Waals surface area contributed by atoms with Crippen molar-refractivity contribution in [2.45, 2.75) is 52.2 Å². The van der Waals surface area contributed by atoms with Crippen molar-refractivity contribution in [1.82, 2.24) is 20.0 Å². The Morgan fingerprint density at radius 3 is 2.40 bits per heavy atom. The standard InChI is InChI=1S/C15H30N4O/c1-9-16-14(15(4,5)18(6)7)13-12(20-8)10-17-19(13)11(2)3/h10-11,14,16H,9H2,1-8H3. The van der Waals surface area contributed by atoms with Gasteiger partial charge in [0.25, 0.3) is 0 Å². The summed E-state index contributed by atoms with van der Waals surface area (Å²) in [6.07, 6.45) is 1.81. The van der Waals surface area contributed by atoms with Crippen molar-refractivity contribution < 1.29 is 4.74 Å². The fraction of sp³-hybridized carbons (Fsp3) is 0.800. The highest BCUT2D eigenvalue weighted by molar-refractivity contribution is 5.31. The molecule has 1 aromatic rings. The molecule has 116 valence electrons. The molecule has 0 saturated carbocycles. The van der Waals surface area contributed by atoms with E-state index in [-0.39, 0.29) is 11.6 Å². The van der Waals surface area contributed by atoms with Gasteiger partial charge in [-0.3, -0.25) is 4.68 Å². The molecule has 0 spiro atoms. The second-order valence-electron chi connectivity index (χ2n) is 6.18. The quantitative estimate of drug-likeness (QED) is 0.834. The maximum absolute atomic E-state index is 5.54. The molecule has 1 N–H and O–H groups in total. The highest BCUT2D eigenvalue weighted by Gasteiger charge is 2.37. The van der Waals surface area contributed by atoms with E-state index in [0.29, 0.717) is 6.04 Å². The Morgan fingerprint density at radius 1 is 1.40 bits per heavy atom. The molecule has 0 aromatic carbocycles. The molecule has 1 heterocycles. The Kier molecular flexibility index (Phi) is 5.59. The molecule has 1 unspecified atom stereocenters. The van der Waals surface area contributed by atoms with Crippen LogP contribution < -0.4 is 10.1 Å². The van der Waals surface area contributed by atoms with Crippen LogP contribution >= 0.6 is 0 Å². The van der Waals surface area contributed by atoms with Gasteiger partial charge in [0.05, 0.1) is 25.0 Å². The maximum Gasteiger partial charge on any atom is 0.161 e. The number of rotatable bonds is 7. The summed E-state index contributed by atoms with van der Waals surface area (Å²) in [5.41, 5.74) is 1.05. The van der Waals surface area contributed by atoms with Crippen LogP contribution in [-0.4, -0.2) is 48.0 Å². The zero-order valence-corrected chi connectivity index (χ0v) is 14.2. The largest absolute Gasteiger partial charge is 0.493 e. The highest BCUT2D eigenvalue weighted by Crippen LogP contribution is 2.36. The van der Waals surface area contributed by atoms with Gasteiger partial charge < -0.3 is 15.0 Å². The fourth-order valence-electron chi connectivity index (χ4n) is 2.34. The number of nitrogens with zero attached hydrogens (tertiary/aromatic N) is 3. The van der Waals surface area contributed by atoms with Gasteiger partial charge in [0.15, 0.2) is 5.75 Å². The van der Waals surface area contributed by atoms with Crippen LogP contribution in [-0.2, 0) is 0 Å². The first kappa shape index (κ1) is 17.0. The van der Waals surface area contributed by atoms with Crippen molar-refractivity contribution in [1.29, 1.82) is 0 Å². The molecule has 1 rings (SSSR count). The SMILES string of the molecule is CCNC(c1c(OC)cnn1C(C)C)C(C)(C)N(C)C. The van der Waals surface area contributed by atoms with E-state index in [4.69, 9.17) is 4.74 Å². The second kappa shape index (κ2) is 6.59. The topological polar surface area (TPSA) is 42.3 Å². The molecule has 0 aliphatic heterocycles. The number of likely N-dealkylation sites (N-methyl/N-ethyl adjacent to an activating group) is 2. The number of methoxy groups -OCH3 is 1. The lowest BCUT2D eigenvalue weighted by molar-refractivity contribution is 0.131. The first-order chi connectivity index (χ1) is 9.27. The summed E-state index contributed by atoms with van der Waals surface area (Å²) in [7, 11) is 5.91. The van der Waals surface area contributed by atoms with Crippen molar-refractivity contribution in [2.24, 2.45) is 0 Å². The van der Waals surface area contributed by atoms with Crippen LogP contribution in [0, 0.1) is 0 Å². The summed E-state index contributed by atoms with van der Waals surface area (Å²) in [6.45, 7) is 11.8. The van der Waals surface area contributed by atoms with Gasteiger partial charge in [-0.05, 0) is 48.3 Å². The lowest BCUT2D eigenvalue weighted by atomic mass is 9.89. The molecule has 0 aliphatic carbocycles. The Morgan fingerprint density at radius 2 is 2.00 bits per heavy atom. The third-order valence-electron chi connectivity index (χ3n) is 4.05. The van der Waals surface area contributed by atoms with Crippen LogP contribution in [0.2, 0.25) is 0 Å². The lowest BCUT2D eigenvalue weighted by Crippen LogP contribution is -2.50. The summed E-state index contributed by atoms with van der Waals surface area (Å²) in [5.74, 6) is 0.847. The number of aromatic nitrogens is 2. The van der Waals surface area contributed by atoms with Crippen LogP contribution in [0.5, 0.6) is 5.75 Å². The van der Waals surface area contributed by atoms with Gasteiger partial charge in [0, 0.05) is 11.6 Å². The molecule has 20 heavy (non-hydrogen) atoms. The molecule has 0 amide bonds. The molecule has 5 heteroatoms. The zero-order chi connectivity index (χ0) is 15.5. The van der Waals surface area contributed by atoms with Crippen molar-refractivity contribution in [3.05, 3.63) is 11.9 Å². The Balaban J connectivity index is 3.37. The van der Waals surface area contributed by atoms with Gasteiger partial charge in [0.2, 0.25) is 0 Å². The van der Waals surface area contributed by atoms with Crippen molar-refractivity contribution in [2.75, 3.05) is 27.7 Å². The van der Waals surface area contributed by atoms with Crippen LogP contribution in [0.4, 0.5) is 0 Å². The third-order valence-corrected chi connectivity index (χ3v) is 4.05. The number of nitrogens with one attached hydrogen (secondary N) is 1. The first-order valence-corrected chi connectivity index (χ1v) is 7.29. The second-order valence-corrected chi connectivity index (χ2v) is 6.18. The van der Waals surface area contributed by atoms with E-state index >= 15 is 0 Å². The maximum atomic E-state index is 5.54. The molecular weight excluding hydrogens is 252 g/mol. The predicted molar refractivity (Wildman–Crippen MR) is 83.3 cm³/mol. The van der Waals surface area contributed by atoms with E-state index in [2.05, 4.69) is 68.7 Å². The van der Waals surface area contributed by atoms with Crippen molar-refractivity contribution in [3.63, 3.8) is 0 Å². The van der Waals surface area contributed by atoms with Gasteiger partial charge in [-0.2, -0.15) is 5.10 Å². The Bertz CT molecular complexity index is 424. The summed E-state index contributed by atoms with van der Waals surface area (Å²) >= 11 is 0. The molecule has 0 saturated heterocycles. The molecule has 0 fully saturated rings. The number of hydrogen-bond acceptors (Lipinski definition) is 4. The average molecular weight is 282 g/mol. The highest BCUT2D eigenvalue weighted by atomic mass is 16.5. The first-order valence-electron chi connectivity index (χ1n) is 7.29. The van der Waals surface area contributed by atoms with Crippen molar-refractivity contribution >= 4 is 0 Å². The third kappa shape index (κ3) is 3.15. The molecule has 0 aliphatic rings. The van der Waals surface area contributed by atoms with E-state index in [1.165, 1.54) is 0 Å². The van der Waals surface area contributed by atoms with Gasteiger partial charge in [-0.1, -0.05) is 6.92 Å². The van der Waals surface area contributed by atoms with E-state index < -0.39 is 0 Å². The van der Waals surface area contributed by atoms with E-state index in [0.717, 1.165) is 18.0 Å². The lowest BCUT2D eigenvalue weighted by Gasteiger charge is -2.41. The van der Waals surface area contributed by atoms with Gasteiger partial charge in [0.1, 0.15) is 0 Å². The molecular formula is C15H30N4O. The van der Waals surface area contributed by atoms with Crippen molar-refractivity contribution in [3.8, 4) is 5.75 Å². The minimum atomic E-state index is -0.0596. The minimum absolute atomic E-state index is 0.0596. The summed E-state index contributed by atoms with van der Waals surface area (Å²) in [4.78, 5) is 2.23. The number of hydrogen-bond donors (Lipinski definition) is 1. The molecule has 0 bridgehead atoms. The smallest absolute Gasteiger partial charge is 0.161 e. The van der Waals surface area contributed by atoms with Crippen LogP contribution in [0.25, 0.3) is 0 Å². The van der Waals surface area contributed by atoms with Crippen LogP contribution in [0.3, 0.4) is 0 Å². The van der Waals surface area contributed by atoms with Crippen LogP contribution in [0.1, 0.15) is 52.4 Å². The predicted octanol–water partition coefficient (Wildman–Crippen LogP) is 2.46. The summed E-state index contributed by atoms with van der Waals surface area (Å²) in [6, 6.07) is 0.440. The van der Waals surface area contributed by atoms with E-state index in [1.807, 2.05) is 6.20 Å². The zero-order valence-electron chi connectivity index (χ0n) is 14.2. The van der Waals surface area contributed by atoms with E-state index in [1.54, 1.807) is 7.11 Å². The molecule has 0 radical (unpaired) electrons. The molecule has 1 atom stereocenters. The van der Waals surface area contributed by atoms with Gasteiger partial charge in [-0.15, -0.1) is 0 Å². The fourth-order valence-corrected chi connectivity index (χ4v) is 2.34. The van der Waals surface area contributed by atoms with Gasteiger partial charge >= 0.3 is 0 Å². The van der Waals surface area contributed by atoms with E-state index in [9.17, 15) is 0 Å². The average Bonchev–Trinajstić information content (AvgIpc) is 2.78. The summed E-state index contributed by atoms with van der Waals surface area (Å²) in [5, 5.41) is 8.09.